The van der Waals surface area contributed by atoms with Gasteiger partial charge in [0.2, 0.25) is 0 Å². The zero-order valence-corrected chi connectivity index (χ0v) is 8.90. The number of phenolic OH excluding ortho intramolecular Hbond substituents is 2. The first-order valence-corrected chi connectivity index (χ1v) is 4.73. The van der Waals surface area contributed by atoms with E-state index in [-0.39, 0.29) is 5.56 Å². The van der Waals surface area contributed by atoms with E-state index in [9.17, 15) is 23.1 Å². The summed E-state index contributed by atoms with van der Waals surface area (Å²) in [5.41, 5.74) is 3.34. The lowest BCUT2D eigenvalue weighted by Gasteiger charge is -2.14. The Labute approximate surface area is 99.3 Å². The molecule has 1 rings (SSSR count). The maximum absolute atomic E-state index is 12.5. The summed E-state index contributed by atoms with van der Waals surface area (Å²) in [5.74, 6) is -3.28. The predicted octanol–water partition coefficient (Wildman–Crippen LogP) is 1.07. The number of rotatable bonds is 3. The minimum Gasteiger partial charge on any atom is -0.508 e. The van der Waals surface area contributed by atoms with Gasteiger partial charge in [0.1, 0.15) is 23.1 Å². The molecule has 0 aromatic heterocycles. The summed E-state index contributed by atoms with van der Waals surface area (Å²) in [6, 6.07) is -0.280. The highest BCUT2D eigenvalue weighted by Gasteiger charge is 2.35. The molecule has 5 N–H and O–H groups in total. The van der Waals surface area contributed by atoms with Crippen LogP contribution in [0.4, 0.5) is 13.2 Å². The van der Waals surface area contributed by atoms with Gasteiger partial charge in [-0.25, -0.2) is 0 Å². The summed E-state index contributed by atoms with van der Waals surface area (Å²) in [7, 11) is 0. The molecule has 0 heterocycles. The number of hydrogen-bond donors (Lipinski definition) is 4. The normalized spacial score (nSPS) is 13.3. The molecule has 0 aliphatic rings. The highest BCUT2D eigenvalue weighted by molar-refractivity contribution is 5.73. The van der Waals surface area contributed by atoms with E-state index in [0.717, 1.165) is 6.07 Å². The number of carbonyl (C=O) groups is 1. The third-order valence-electron chi connectivity index (χ3n) is 2.24. The third-order valence-corrected chi connectivity index (χ3v) is 2.24. The van der Waals surface area contributed by atoms with Crippen molar-refractivity contribution in [3.8, 4) is 11.5 Å². The molecule has 0 radical (unpaired) electrons. The van der Waals surface area contributed by atoms with Gasteiger partial charge < -0.3 is 21.1 Å². The average Bonchev–Trinajstić information content (AvgIpc) is 2.21. The maximum atomic E-state index is 12.5. The third kappa shape index (κ3) is 3.04. The molecule has 0 saturated carbocycles. The van der Waals surface area contributed by atoms with E-state index < -0.39 is 41.7 Å². The fourth-order valence-electron chi connectivity index (χ4n) is 1.37. The average molecular weight is 265 g/mol. The van der Waals surface area contributed by atoms with Crippen LogP contribution in [-0.4, -0.2) is 27.3 Å². The number of nitrogens with two attached hydrogens (primary N) is 1. The molecule has 0 saturated heterocycles. The van der Waals surface area contributed by atoms with Crippen LogP contribution in [0.1, 0.15) is 11.1 Å². The van der Waals surface area contributed by atoms with Gasteiger partial charge in [0, 0.05) is 12.0 Å². The van der Waals surface area contributed by atoms with Crippen molar-refractivity contribution in [1.82, 2.24) is 0 Å². The Morgan fingerprint density at radius 3 is 2.33 bits per heavy atom. The molecule has 18 heavy (non-hydrogen) atoms. The van der Waals surface area contributed by atoms with Gasteiger partial charge in [-0.3, -0.25) is 4.79 Å². The molecule has 5 nitrogen and oxygen atoms in total. The van der Waals surface area contributed by atoms with E-state index in [4.69, 9.17) is 15.9 Å². The van der Waals surface area contributed by atoms with Crippen molar-refractivity contribution in [2.75, 3.05) is 0 Å². The first kappa shape index (κ1) is 14.1. The van der Waals surface area contributed by atoms with Gasteiger partial charge in [0.15, 0.2) is 0 Å². The second-order valence-electron chi connectivity index (χ2n) is 3.65. The Bertz CT molecular complexity index is 473. The number of aromatic hydroxyl groups is 2. The SMILES string of the molecule is NC(Cc1cc(O)cc(C(F)(F)F)c1O)C(=O)O. The van der Waals surface area contributed by atoms with Crippen LogP contribution in [0, 0.1) is 0 Å². The number of carboxylic acids is 1. The molecule has 0 spiro atoms. The van der Waals surface area contributed by atoms with Gasteiger partial charge in [-0.2, -0.15) is 13.2 Å². The molecule has 1 aromatic rings. The van der Waals surface area contributed by atoms with Crippen LogP contribution < -0.4 is 5.73 Å². The van der Waals surface area contributed by atoms with Crippen molar-refractivity contribution < 1.29 is 33.3 Å². The van der Waals surface area contributed by atoms with Crippen LogP contribution >= 0.6 is 0 Å². The van der Waals surface area contributed by atoms with Crippen LogP contribution in [0.3, 0.4) is 0 Å². The number of benzene rings is 1. The summed E-state index contributed by atoms with van der Waals surface area (Å²) in [4.78, 5) is 10.5. The summed E-state index contributed by atoms with van der Waals surface area (Å²) in [5, 5.41) is 27.1. The van der Waals surface area contributed by atoms with Crippen LogP contribution in [0.2, 0.25) is 0 Å². The minimum absolute atomic E-state index is 0.352. The second kappa shape index (κ2) is 4.73. The Kier molecular flexibility index (Phi) is 3.70. The van der Waals surface area contributed by atoms with Gasteiger partial charge in [0.05, 0.1) is 0 Å². The molecule has 1 unspecified atom stereocenters. The van der Waals surface area contributed by atoms with Crippen molar-refractivity contribution in [1.29, 1.82) is 0 Å². The van der Waals surface area contributed by atoms with Crippen LogP contribution in [0.25, 0.3) is 0 Å². The monoisotopic (exact) mass is 265 g/mol. The lowest BCUT2D eigenvalue weighted by molar-refractivity contribution is -0.139. The van der Waals surface area contributed by atoms with Crippen molar-refractivity contribution in [3.05, 3.63) is 23.3 Å². The number of alkyl halides is 3. The number of aliphatic carboxylic acids is 1. The minimum atomic E-state index is -4.86. The van der Waals surface area contributed by atoms with E-state index in [0.29, 0.717) is 6.07 Å². The highest BCUT2D eigenvalue weighted by Crippen LogP contribution is 2.40. The summed E-state index contributed by atoms with van der Waals surface area (Å²) in [6.45, 7) is 0. The zero-order chi connectivity index (χ0) is 14.1. The molecule has 0 aliphatic heterocycles. The van der Waals surface area contributed by atoms with E-state index in [2.05, 4.69) is 0 Å². The first-order valence-electron chi connectivity index (χ1n) is 4.73. The van der Waals surface area contributed by atoms with E-state index in [1.165, 1.54) is 0 Å². The standard InChI is InChI=1S/C10H10F3NO4/c11-10(12,13)6-3-5(15)1-4(8(6)16)2-7(14)9(17)18/h1,3,7,15-16H,2,14H2,(H,17,18). The van der Waals surface area contributed by atoms with Crippen LogP contribution in [0.5, 0.6) is 11.5 Å². The van der Waals surface area contributed by atoms with E-state index >= 15 is 0 Å². The molecule has 0 amide bonds. The Balaban J connectivity index is 3.22. The molecule has 1 aromatic carbocycles. The molecule has 0 aliphatic carbocycles. The van der Waals surface area contributed by atoms with Crippen molar-refractivity contribution in [2.24, 2.45) is 5.73 Å². The lowest BCUT2D eigenvalue weighted by Crippen LogP contribution is -2.32. The van der Waals surface area contributed by atoms with Gasteiger partial charge in [0.25, 0.3) is 0 Å². The fourth-order valence-corrected chi connectivity index (χ4v) is 1.37. The Morgan fingerprint density at radius 1 is 1.33 bits per heavy atom. The molecule has 1 atom stereocenters. The fraction of sp³-hybridized carbons (Fsp3) is 0.300. The van der Waals surface area contributed by atoms with Crippen molar-refractivity contribution >= 4 is 5.97 Å². The van der Waals surface area contributed by atoms with Crippen LogP contribution in [0.15, 0.2) is 12.1 Å². The molecule has 0 bridgehead atoms. The number of carboxylic acid groups (broad SMARTS) is 1. The molecular formula is C10H10F3NO4. The highest BCUT2D eigenvalue weighted by atomic mass is 19.4. The maximum Gasteiger partial charge on any atom is 0.420 e. The molecule has 100 valence electrons. The number of hydrogen-bond acceptors (Lipinski definition) is 4. The van der Waals surface area contributed by atoms with Crippen molar-refractivity contribution in [3.63, 3.8) is 0 Å². The first-order chi connectivity index (χ1) is 8.12. The molecule has 8 heteroatoms. The Morgan fingerprint density at radius 2 is 1.89 bits per heavy atom. The quantitative estimate of drug-likeness (QED) is 0.612. The second-order valence-corrected chi connectivity index (χ2v) is 3.65. The van der Waals surface area contributed by atoms with Gasteiger partial charge in [-0.15, -0.1) is 0 Å². The van der Waals surface area contributed by atoms with Gasteiger partial charge >= 0.3 is 12.1 Å². The summed E-state index contributed by atoms with van der Waals surface area (Å²) in [6.07, 6.45) is -5.39. The number of halogens is 3. The van der Waals surface area contributed by atoms with E-state index in [1.807, 2.05) is 0 Å². The summed E-state index contributed by atoms with van der Waals surface area (Å²) < 4.78 is 37.5. The Hall–Kier alpha value is -1.96. The molecular weight excluding hydrogens is 255 g/mol. The zero-order valence-electron chi connectivity index (χ0n) is 8.90. The summed E-state index contributed by atoms with van der Waals surface area (Å²) >= 11 is 0. The smallest absolute Gasteiger partial charge is 0.420 e. The van der Waals surface area contributed by atoms with Crippen molar-refractivity contribution in [2.45, 2.75) is 18.6 Å². The largest absolute Gasteiger partial charge is 0.508 e. The topological polar surface area (TPSA) is 104 Å². The molecule has 0 fully saturated rings. The predicted molar refractivity (Wildman–Crippen MR) is 54.1 cm³/mol. The van der Waals surface area contributed by atoms with Gasteiger partial charge in [-0.1, -0.05) is 0 Å². The van der Waals surface area contributed by atoms with Crippen LogP contribution in [-0.2, 0) is 17.4 Å². The lowest BCUT2D eigenvalue weighted by atomic mass is 10.0. The van der Waals surface area contributed by atoms with Gasteiger partial charge in [-0.05, 0) is 12.1 Å². The van der Waals surface area contributed by atoms with E-state index in [1.54, 1.807) is 0 Å². The number of phenols is 2.